The molecule has 0 aliphatic rings. The van der Waals surface area contributed by atoms with Crippen molar-refractivity contribution >= 4 is 5.91 Å². The lowest BCUT2D eigenvalue weighted by atomic mass is 9.83. The van der Waals surface area contributed by atoms with Gasteiger partial charge in [0.05, 0.1) is 0 Å². The first kappa shape index (κ1) is 20.4. The van der Waals surface area contributed by atoms with Crippen molar-refractivity contribution in [3.05, 3.63) is 0 Å². The number of rotatable bonds is 11. The van der Waals surface area contributed by atoms with E-state index in [1.165, 1.54) is 12.8 Å². The van der Waals surface area contributed by atoms with E-state index in [0.717, 1.165) is 31.6 Å². The molecule has 3 heteroatoms. The Morgan fingerprint density at radius 3 is 2.10 bits per heavy atom. The summed E-state index contributed by atoms with van der Waals surface area (Å²) in [4.78, 5) is 12.6. The van der Waals surface area contributed by atoms with Crippen molar-refractivity contribution in [2.75, 3.05) is 6.54 Å². The number of hydrogen-bond donors (Lipinski definition) is 2. The molecule has 0 radical (unpaired) electrons. The van der Waals surface area contributed by atoms with Gasteiger partial charge in [0, 0.05) is 11.5 Å². The Kier molecular flexibility index (Phi) is 9.93. The molecule has 3 atom stereocenters. The van der Waals surface area contributed by atoms with Crippen LogP contribution in [-0.2, 0) is 4.79 Å². The predicted molar refractivity (Wildman–Crippen MR) is 92.1 cm³/mol. The fourth-order valence-corrected chi connectivity index (χ4v) is 2.72. The average Bonchev–Trinajstić information content (AvgIpc) is 2.50. The van der Waals surface area contributed by atoms with Gasteiger partial charge < -0.3 is 11.1 Å². The van der Waals surface area contributed by atoms with Gasteiger partial charge in [-0.1, -0.05) is 48.0 Å². The highest BCUT2D eigenvalue weighted by Gasteiger charge is 2.31. The van der Waals surface area contributed by atoms with Gasteiger partial charge in [0.15, 0.2) is 0 Å². The molecule has 1 amide bonds. The fourth-order valence-electron chi connectivity index (χ4n) is 2.72. The van der Waals surface area contributed by atoms with Crippen LogP contribution in [0.2, 0.25) is 0 Å². The predicted octanol–water partition coefficient (Wildman–Crippen LogP) is 4.11. The third-order valence-corrected chi connectivity index (χ3v) is 5.44. The van der Waals surface area contributed by atoms with Crippen LogP contribution in [0.5, 0.6) is 0 Å². The molecule has 3 unspecified atom stereocenters. The molecule has 0 bridgehead atoms. The lowest BCUT2D eigenvalue weighted by molar-refractivity contribution is -0.128. The molecule has 0 aromatic rings. The van der Waals surface area contributed by atoms with Crippen LogP contribution in [0.15, 0.2) is 0 Å². The molecule has 21 heavy (non-hydrogen) atoms. The van der Waals surface area contributed by atoms with Gasteiger partial charge in [-0.05, 0) is 50.5 Å². The minimum absolute atomic E-state index is 0.0305. The van der Waals surface area contributed by atoms with E-state index < -0.39 is 0 Å². The number of nitrogens with one attached hydrogen (secondary N) is 1. The van der Waals surface area contributed by atoms with Gasteiger partial charge in [0.25, 0.3) is 0 Å². The Labute approximate surface area is 132 Å². The molecule has 0 aliphatic carbocycles. The molecule has 3 N–H and O–H groups in total. The second kappa shape index (κ2) is 10.2. The molecule has 0 saturated heterocycles. The zero-order valence-corrected chi connectivity index (χ0v) is 15.2. The van der Waals surface area contributed by atoms with Crippen LogP contribution >= 0.6 is 0 Å². The van der Waals surface area contributed by atoms with Crippen molar-refractivity contribution in [3.63, 3.8) is 0 Å². The van der Waals surface area contributed by atoms with Gasteiger partial charge in [0.2, 0.25) is 5.91 Å². The van der Waals surface area contributed by atoms with Gasteiger partial charge >= 0.3 is 0 Å². The summed E-state index contributed by atoms with van der Waals surface area (Å²) in [6.45, 7) is 13.7. The second-order valence-corrected chi connectivity index (χ2v) is 6.87. The smallest absolute Gasteiger partial charge is 0.223 e. The molecule has 0 rings (SSSR count). The third-order valence-electron chi connectivity index (χ3n) is 5.44. The van der Waals surface area contributed by atoms with E-state index in [9.17, 15) is 4.79 Å². The maximum absolute atomic E-state index is 12.6. The van der Waals surface area contributed by atoms with E-state index in [1.54, 1.807) is 0 Å². The van der Waals surface area contributed by atoms with Crippen LogP contribution < -0.4 is 11.1 Å². The monoisotopic (exact) mass is 298 g/mol. The van der Waals surface area contributed by atoms with E-state index in [1.807, 2.05) is 6.92 Å². The van der Waals surface area contributed by atoms with Gasteiger partial charge in [-0.2, -0.15) is 0 Å². The molecule has 3 nitrogen and oxygen atoms in total. The van der Waals surface area contributed by atoms with Gasteiger partial charge in [-0.25, -0.2) is 0 Å². The Morgan fingerprint density at radius 2 is 1.67 bits per heavy atom. The number of amides is 1. The van der Waals surface area contributed by atoms with Gasteiger partial charge in [-0.3, -0.25) is 4.79 Å². The molecule has 0 spiro atoms. The maximum Gasteiger partial charge on any atom is 0.223 e. The second-order valence-electron chi connectivity index (χ2n) is 6.87. The highest BCUT2D eigenvalue weighted by molar-refractivity contribution is 5.79. The largest absolute Gasteiger partial charge is 0.350 e. The van der Waals surface area contributed by atoms with Crippen molar-refractivity contribution in [3.8, 4) is 0 Å². The third kappa shape index (κ3) is 6.82. The van der Waals surface area contributed by atoms with Crippen molar-refractivity contribution in [2.24, 2.45) is 23.5 Å². The lowest BCUT2D eigenvalue weighted by Crippen LogP contribution is -2.50. The van der Waals surface area contributed by atoms with E-state index in [-0.39, 0.29) is 17.4 Å². The van der Waals surface area contributed by atoms with Crippen LogP contribution in [0, 0.1) is 17.8 Å². The summed E-state index contributed by atoms with van der Waals surface area (Å²) in [5.41, 5.74) is 5.58. The standard InChI is InChI=1S/C18H38N2O/c1-7-14(4)10-12-18(8-2,9-3)20-17(21)16(6)15(5)11-13-19/h14-16H,7-13,19H2,1-6H3,(H,20,21). The van der Waals surface area contributed by atoms with E-state index in [2.05, 4.69) is 39.9 Å². The molecular weight excluding hydrogens is 260 g/mol. The van der Waals surface area contributed by atoms with Crippen molar-refractivity contribution in [1.82, 2.24) is 5.32 Å². The summed E-state index contributed by atoms with van der Waals surface area (Å²) in [5, 5.41) is 3.37. The normalized spacial score (nSPS) is 16.3. The zero-order valence-electron chi connectivity index (χ0n) is 15.2. The molecule has 0 aromatic heterocycles. The van der Waals surface area contributed by atoms with Crippen LogP contribution in [0.25, 0.3) is 0 Å². The number of nitrogens with two attached hydrogens (primary N) is 1. The Balaban J connectivity index is 4.70. The molecule has 0 saturated carbocycles. The molecule has 0 fully saturated rings. The molecule has 0 heterocycles. The molecular formula is C18H38N2O. The Morgan fingerprint density at radius 1 is 1.10 bits per heavy atom. The lowest BCUT2D eigenvalue weighted by Gasteiger charge is -2.36. The SMILES string of the molecule is CCC(C)CCC(CC)(CC)NC(=O)C(C)C(C)CCN. The van der Waals surface area contributed by atoms with Crippen LogP contribution in [-0.4, -0.2) is 18.0 Å². The zero-order chi connectivity index (χ0) is 16.5. The fraction of sp³-hybridized carbons (Fsp3) is 0.944. The first-order valence-corrected chi connectivity index (χ1v) is 8.87. The first-order valence-electron chi connectivity index (χ1n) is 8.87. The van der Waals surface area contributed by atoms with Gasteiger partial charge in [0.1, 0.15) is 0 Å². The van der Waals surface area contributed by atoms with Crippen LogP contribution in [0.3, 0.4) is 0 Å². The van der Waals surface area contributed by atoms with Crippen LogP contribution in [0.1, 0.15) is 80.1 Å². The van der Waals surface area contributed by atoms with Crippen LogP contribution in [0.4, 0.5) is 0 Å². The van der Waals surface area contributed by atoms with Gasteiger partial charge in [-0.15, -0.1) is 0 Å². The topological polar surface area (TPSA) is 55.1 Å². The maximum atomic E-state index is 12.6. The summed E-state index contributed by atoms with van der Waals surface area (Å²) in [5.74, 6) is 1.31. The Hall–Kier alpha value is -0.570. The summed E-state index contributed by atoms with van der Waals surface area (Å²) in [7, 11) is 0. The van der Waals surface area contributed by atoms with E-state index in [0.29, 0.717) is 12.5 Å². The van der Waals surface area contributed by atoms with E-state index >= 15 is 0 Å². The Bertz CT molecular complexity index is 287. The molecule has 126 valence electrons. The average molecular weight is 299 g/mol. The summed E-state index contributed by atoms with van der Waals surface area (Å²) in [6, 6.07) is 0. The quantitative estimate of drug-likeness (QED) is 0.603. The number of carbonyl (C=O) groups excluding carboxylic acids is 1. The highest BCUT2D eigenvalue weighted by Crippen LogP contribution is 2.26. The number of carbonyl (C=O) groups is 1. The van der Waals surface area contributed by atoms with Crippen molar-refractivity contribution < 1.29 is 4.79 Å². The van der Waals surface area contributed by atoms with Crippen molar-refractivity contribution in [2.45, 2.75) is 85.6 Å². The molecule has 0 aliphatic heterocycles. The first-order chi connectivity index (χ1) is 9.85. The summed E-state index contributed by atoms with van der Waals surface area (Å²) < 4.78 is 0. The summed E-state index contributed by atoms with van der Waals surface area (Å²) >= 11 is 0. The highest BCUT2D eigenvalue weighted by atomic mass is 16.2. The molecule has 0 aromatic carbocycles. The summed E-state index contributed by atoms with van der Waals surface area (Å²) in [6.07, 6.45) is 6.39. The minimum atomic E-state index is -0.0305. The van der Waals surface area contributed by atoms with Crippen molar-refractivity contribution in [1.29, 1.82) is 0 Å². The van der Waals surface area contributed by atoms with E-state index in [4.69, 9.17) is 5.73 Å². The minimum Gasteiger partial charge on any atom is -0.350 e. The number of hydrogen-bond acceptors (Lipinski definition) is 2.